The Morgan fingerprint density at radius 1 is 1.00 bits per heavy atom. The van der Waals surface area contributed by atoms with Crippen LogP contribution in [0.25, 0.3) is 0 Å². The molecule has 1 aromatic rings. The number of hydrogen-bond donors (Lipinski definition) is 0. The Balaban J connectivity index is 1.71. The third kappa shape index (κ3) is 3.60. The molecule has 1 aromatic carbocycles. The van der Waals surface area contributed by atoms with Crippen LogP contribution >= 0.6 is 11.6 Å². The van der Waals surface area contributed by atoms with E-state index >= 15 is 0 Å². The van der Waals surface area contributed by atoms with Gasteiger partial charge in [0.05, 0.1) is 5.02 Å². The highest BCUT2D eigenvalue weighted by molar-refractivity contribution is 7.89. The fraction of sp³-hybridized carbons (Fsp3) is 0.588. The van der Waals surface area contributed by atoms with Crippen molar-refractivity contribution in [3.63, 3.8) is 0 Å². The second-order valence-electron chi connectivity index (χ2n) is 6.49. The first-order valence-corrected chi connectivity index (χ1v) is 10.4. The minimum Gasteiger partial charge on any atom is -0.341 e. The molecule has 7 heteroatoms. The second-order valence-corrected chi connectivity index (χ2v) is 8.81. The third-order valence-corrected chi connectivity index (χ3v) is 7.32. The zero-order valence-corrected chi connectivity index (χ0v) is 15.2. The zero-order chi connectivity index (χ0) is 17.2. The number of amides is 1. The molecule has 1 saturated heterocycles. The van der Waals surface area contributed by atoms with E-state index in [2.05, 4.69) is 0 Å². The molecule has 0 atom stereocenters. The van der Waals surface area contributed by atoms with Gasteiger partial charge in [-0.25, -0.2) is 8.42 Å². The van der Waals surface area contributed by atoms with E-state index in [0.29, 0.717) is 32.6 Å². The highest BCUT2D eigenvalue weighted by Crippen LogP contribution is 2.28. The van der Waals surface area contributed by atoms with Gasteiger partial charge in [-0.2, -0.15) is 4.31 Å². The minimum absolute atomic E-state index is 0.136. The summed E-state index contributed by atoms with van der Waals surface area (Å²) in [5, 5.41) is 0.237. The number of nitrogens with zero attached hydrogens (tertiary/aromatic N) is 2. The molecular formula is C17H23ClN2O3S. The largest absolute Gasteiger partial charge is 0.341 e. The molecule has 0 aromatic heterocycles. The SMILES string of the molecule is O=C(C1CCCC1)N1CCCN(S(=O)(=O)c2ccccc2Cl)CC1. The van der Waals surface area contributed by atoms with Crippen molar-refractivity contribution in [3.05, 3.63) is 29.3 Å². The molecule has 1 amide bonds. The lowest BCUT2D eigenvalue weighted by molar-refractivity contribution is -0.135. The Morgan fingerprint density at radius 2 is 1.71 bits per heavy atom. The van der Waals surface area contributed by atoms with Crippen molar-refractivity contribution in [1.29, 1.82) is 0 Å². The number of sulfonamides is 1. The molecule has 0 spiro atoms. The maximum absolute atomic E-state index is 12.8. The van der Waals surface area contributed by atoms with Crippen molar-refractivity contribution in [2.45, 2.75) is 37.0 Å². The molecule has 2 aliphatic rings. The standard InChI is InChI=1S/C17H23ClN2O3S/c18-15-8-3-4-9-16(15)24(22,23)20-11-5-10-19(12-13-20)17(21)14-6-1-2-7-14/h3-4,8-9,14H,1-2,5-7,10-13H2. The molecule has 0 N–H and O–H groups in total. The summed E-state index contributed by atoms with van der Waals surface area (Å²) in [4.78, 5) is 14.6. The highest BCUT2D eigenvalue weighted by Gasteiger charge is 2.32. The molecule has 1 aliphatic carbocycles. The molecule has 2 fully saturated rings. The van der Waals surface area contributed by atoms with Crippen molar-refractivity contribution in [2.24, 2.45) is 5.92 Å². The number of carbonyl (C=O) groups is 1. The van der Waals surface area contributed by atoms with Crippen LogP contribution in [-0.4, -0.2) is 49.7 Å². The summed E-state index contributed by atoms with van der Waals surface area (Å²) >= 11 is 6.06. The first kappa shape index (κ1) is 17.7. The smallest absolute Gasteiger partial charge is 0.244 e. The van der Waals surface area contributed by atoms with E-state index in [0.717, 1.165) is 25.7 Å². The summed E-state index contributed by atoms with van der Waals surface area (Å²) in [6, 6.07) is 6.50. The maximum Gasteiger partial charge on any atom is 0.244 e. The molecule has 3 rings (SSSR count). The summed E-state index contributed by atoms with van der Waals surface area (Å²) in [5.74, 6) is 0.334. The van der Waals surface area contributed by atoms with Gasteiger partial charge in [0.2, 0.25) is 15.9 Å². The van der Waals surface area contributed by atoms with E-state index in [1.807, 2.05) is 4.90 Å². The van der Waals surface area contributed by atoms with Crippen LogP contribution in [0.5, 0.6) is 0 Å². The van der Waals surface area contributed by atoms with E-state index < -0.39 is 10.0 Å². The first-order chi connectivity index (χ1) is 11.5. The van der Waals surface area contributed by atoms with E-state index in [4.69, 9.17) is 11.6 Å². The van der Waals surface area contributed by atoms with Crippen LogP contribution in [0.15, 0.2) is 29.2 Å². The summed E-state index contributed by atoms with van der Waals surface area (Å²) in [5.41, 5.74) is 0. The van der Waals surface area contributed by atoms with Crippen molar-refractivity contribution in [1.82, 2.24) is 9.21 Å². The average Bonchev–Trinajstić information content (AvgIpc) is 2.98. The number of halogens is 1. The first-order valence-electron chi connectivity index (χ1n) is 8.53. The molecule has 24 heavy (non-hydrogen) atoms. The van der Waals surface area contributed by atoms with Crippen LogP contribution in [0.1, 0.15) is 32.1 Å². The molecule has 0 unspecified atom stereocenters. The van der Waals surface area contributed by atoms with E-state index in [1.165, 1.54) is 10.4 Å². The number of hydrogen-bond acceptors (Lipinski definition) is 3. The second kappa shape index (κ2) is 7.42. The van der Waals surface area contributed by atoms with Gasteiger partial charge in [0.15, 0.2) is 0 Å². The topological polar surface area (TPSA) is 57.7 Å². The Kier molecular flexibility index (Phi) is 5.47. The summed E-state index contributed by atoms with van der Waals surface area (Å²) < 4.78 is 27.1. The van der Waals surface area contributed by atoms with Crippen LogP contribution in [0.4, 0.5) is 0 Å². The zero-order valence-electron chi connectivity index (χ0n) is 13.7. The summed E-state index contributed by atoms with van der Waals surface area (Å²) in [6.07, 6.45) is 4.84. The third-order valence-electron chi connectivity index (χ3n) is 4.93. The highest BCUT2D eigenvalue weighted by atomic mass is 35.5. The summed E-state index contributed by atoms with van der Waals surface area (Å²) in [6.45, 7) is 1.83. The van der Waals surface area contributed by atoms with E-state index in [9.17, 15) is 13.2 Å². The van der Waals surface area contributed by atoms with Gasteiger partial charge in [-0.15, -0.1) is 0 Å². The lowest BCUT2D eigenvalue weighted by Gasteiger charge is -2.24. The predicted octanol–water partition coefficient (Wildman–Crippen LogP) is 2.75. The maximum atomic E-state index is 12.8. The Morgan fingerprint density at radius 3 is 2.42 bits per heavy atom. The van der Waals surface area contributed by atoms with Crippen LogP contribution < -0.4 is 0 Å². The van der Waals surface area contributed by atoms with Gasteiger partial charge in [0.1, 0.15) is 4.90 Å². The molecule has 132 valence electrons. The Hall–Kier alpha value is -1.11. The van der Waals surface area contributed by atoms with Crippen molar-refractivity contribution in [2.75, 3.05) is 26.2 Å². The number of benzene rings is 1. The fourth-order valence-electron chi connectivity index (χ4n) is 3.58. The Labute approximate surface area is 148 Å². The van der Waals surface area contributed by atoms with Gasteiger partial charge in [0.25, 0.3) is 0 Å². The quantitative estimate of drug-likeness (QED) is 0.822. The summed E-state index contributed by atoms with van der Waals surface area (Å²) in [7, 11) is -3.62. The molecule has 1 aliphatic heterocycles. The molecule has 5 nitrogen and oxygen atoms in total. The van der Waals surface area contributed by atoms with Crippen molar-refractivity contribution < 1.29 is 13.2 Å². The lowest BCUT2D eigenvalue weighted by atomic mass is 10.1. The van der Waals surface area contributed by atoms with Crippen LogP contribution in [-0.2, 0) is 14.8 Å². The monoisotopic (exact) mass is 370 g/mol. The van der Waals surface area contributed by atoms with Crippen LogP contribution in [0.3, 0.4) is 0 Å². The molecule has 0 bridgehead atoms. The molecule has 1 saturated carbocycles. The van der Waals surface area contributed by atoms with E-state index in [1.54, 1.807) is 18.2 Å². The van der Waals surface area contributed by atoms with Gasteiger partial charge in [-0.3, -0.25) is 4.79 Å². The average molecular weight is 371 g/mol. The molecule has 0 radical (unpaired) electrons. The van der Waals surface area contributed by atoms with Gasteiger partial charge in [-0.1, -0.05) is 36.6 Å². The molecular weight excluding hydrogens is 348 g/mol. The fourth-order valence-corrected chi connectivity index (χ4v) is 5.54. The Bertz CT molecular complexity index is 702. The predicted molar refractivity (Wildman–Crippen MR) is 93.4 cm³/mol. The lowest BCUT2D eigenvalue weighted by Crippen LogP contribution is -2.39. The van der Waals surface area contributed by atoms with E-state index in [-0.39, 0.29) is 21.7 Å². The van der Waals surface area contributed by atoms with Crippen molar-refractivity contribution in [3.8, 4) is 0 Å². The number of carbonyl (C=O) groups excluding carboxylic acids is 1. The minimum atomic E-state index is -3.62. The van der Waals surface area contributed by atoms with Crippen molar-refractivity contribution >= 4 is 27.5 Å². The van der Waals surface area contributed by atoms with Gasteiger partial charge < -0.3 is 4.90 Å². The van der Waals surface area contributed by atoms with Crippen LogP contribution in [0, 0.1) is 5.92 Å². The van der Waals surface area contributed by atoms with Crippen LogP contribution in [0.2, 0.25) is 5.02 Å². The van der Waals surface area contributed by atoms with Gasteiger partial charge in [0, 0.05) is 32.1 Å². The van der Waals surface area contributed by atoms with Gasteiger partial charge in [-0.05, 0) is 31.4 Å². The number of rotatable bonds is 3. The molecule has 1 heterocycles. The van der Waals surface area contributed by atoms with Gasteiger partial charge >= 0.3 is 0 Å². The normalized spacial score (nSPS) is 21.0.